The summed E-state index contributed by atoms with van der Waals surface area (Å²) in [4.78, 5) is 22.2. The molecule has 0 bridgehead atoms. The first kappa shape index (κ1) is 13.6. The zero-order valence-corrected chi connectivity index (χ0v) is 11.9. The van der Waals surface area contributed by atoms with E-state index in [9.17, 15) is 4.79 Å². The maximum absolute atomic E-state index is 12.1. The summed E-state index contributed by atoms with van der Waals surface area (Å²) < 4.78 is 11.0. The molecule has 1 amide bonds. The summed E-state index contributed by atoms with van der Waals surface area (Å²) in [5, 5.41) is 0. The largest absolute Gasteiger partial charge is 0.474 e. The lowest BCUT2D eigenvalue weighted by molar-refractivity contribution is 0.0559. The molecule has 3 rings (SSSR count). The number of rotatable bonds is 3. The third-order valence-corrected chi connectivity index (χ3v) is 3.50. The van der Waals surface area contributed by atoms with Crippen LogP contribution < -0.4 is 4.74 Å². The number of nitrogens with zero attached hydrogens (tertiary/aromatic N) is 3. The van der Waals surface area contributed by atoms with E-state index in [4.69, 9.17) is 9.15 Å². The zero-order valence-electron chi connectivity index (χ0n) is 11.9. The minimum absolute atomic E-state index is 0.0590. The van der Waals surface area contributed by atoms with Crippen LogP contribution in [0.2, 0.25) is 0 Å². The maximum atomic E-state index is 12.1. The van der Waals surface area contributed by atoms with Gasteiger partial charge in [-0.2, -0.15) is 4.98 Å². The number of furan rings is 1. The van der Waals surface area contributed by atoms with Gasteiger partial charge < -0.3 is 14.1 Å². The standard InChI is InChI=1S/C15H17N3O3/c1-11-16-7-4-14(17-11)21-12-5-8-18(9-6-12)15(19)13-3-2-10-20-13/h2-4,7,10,12H,5-6,8-9H2,1H3. The number of hydrogen-bond donors (Lipinski definition) is 0. The van der Waals surface area contributed by atoms with Crippen molar-refractivity contribution in [3.63, 3.8) is 0 Å². The van der Waals surface area contributed by atoms with Crippen LogP contribution in [-0.4, -0.2) is 40.0 Å². The monoisotopic (exact) mass is 287 g/mol. The molecule has 0 aromatic carbocycles. The second-order valence-corrected chi connectivity index (χ2v) is 5.03. The molecule has 0 spiro atoms. The van der Waals surface area contributed by atoms with Gasteiger partial charge in [-0.05, 0) is 19.1 Å². The van der Waals surface area contributed by atoms with Crippen LogP contribution in [0, 0.1) is 6.92 Å². The molecule has 6 heteroatoms. The van der Waals surface area contributed by atoms with Crippen LogP contribution in [0.1, 0.15) is 29.2 Å². The number of carbonyl (C=O) groups is 1. The van der Waals surface area contributed by atoms with E-state index in [1.54, 1.807) is 29.3 Å². The highest BCUT2D eigenvalue weighted by atomic mass is 16.5. The molecule has 0 atom stereocenters. The smallest absolute Gasteiger partial charge is 0.289 e. The molecule has 0 saturated carbocycles. The summed E-state index contributed by atoms with van der Waals surface area (Å²) >= 11 is 0. The Balaban J connectivity index is 1.54. The van der Waals surface area contributed by atoms with Crippen molar-refractivity contribution in [1.29, 1.82) is 0 Å². The number of piperidine rings is 1. The summed E-state index contributed by atoms with van der Waals surface area (Å²) in [5.41, 5.74) is 0. The van der Waals surface area contributed by atoms with E-state index in [1.165, 1.54) is 6.26 Å². The Hall–Kier alpha value is -2.37. The molecule has 0 N–H and O–H groups in total. The van der Waals surface area contributed by atoms with E-state index < -0.39 is 0 Å². The molecular weight excluding hydrogens is 270 g/mol. The molecule has 1 saturated heterocycles. The van der Waals surface area contributed by atoms with Crippen molar-refractivity contribution in [2.45, 2.75) is 25.9 Å². The lowest BCUT2D eigenvalue weighted by Crippen LogP contribution is -2.41. The first-order valence-corrected chi connectivity index (χ1v) is 7.01. The molecule has 21 heavy (non-hydrogen) atoms. The van der Waals surface area contributed by atoms with Crippen LogP contribution in [-0.2, 0) is 0 Å². The summed E-state index contributed by atoms with van der Waals surface area (Å²) in [6, 6.07) is 5.17. The maximum Gasteiger partial charge on any atom is 0.289 e. The predicted molar refractivity (Wildman–Crippen MR) is 75.0 cm³/mol. The first-order chi connectivity index (χ1) is 10.2. The van der Waals surface area contributed by atoms with Gasteiger partial charge in [0, 0.05) is 38.2 Å². The number of hydrogen-bond acceptors (Lipinski definition) is 5. The van der Waals surface area contributed by atoms with E-state index in [1.807, 2.05) is 6.92 Å². The topological polar surface area (TPSA) is 68.5 Å². The molecule has 1 fully saturated rings. The van der Waals surface area contributed by atoms with E-state index >= 15 is 0 Å². The normalized spacial score (nSPS) is 16.0. The van der Waals surface area contributed by atoms with E-state index in [0.29, 0.717) is 30.6 Å². The van der Waals surface area contributed by atoms with Crippen molar-refractivity contribution in [3.8, 4) is 5.88 Å². The molecular formula is C15H17N3O3. The molecule has 0 aliphatic carbocycles. The van der Waals surface area contributed by atoms with Gasteiger partial charge in [0.05, 0.1) is 6.26 Å². The van der Waals surface area contributed by atoms with Gasteiger partial charge >= 0.3 is 0 Å². The van der Waals surface area contributed by atoms with Crippen molar-refractivity contribution < 1.29 is 13.9 Å². The molecule has 6 nitrogen and oxygen atoms in total. The summed E-state index contributed by atoms with van der Waals surface area (Å²) in [5.74, 6) is 1.62. The number of aryl methyl sites for hydroxylation is 1. The fourth-order valence-corrected chi connectivity index (χ4v) is 2.40. The van der Waals surface area contributed by atoms with Gasteiger partial charge in [0.2, 0.25) is 5.88 Å². The zero-order chi connectivity index (χ0) is 14.7. The lowest BCUT2D eigenvalue weighted by Gasteiger charge is -2.31. The predicted octanol–water partition coefficient (Wildman–Crippen LogP) is 2.06. The molecule has 0 radical (unpaired) electrons. The highest BCUT2D eigenvalue weighted by Gasteiger charge is 2.26. The molecule has 3 heterocycles. The third kappa shape index (κ3) is 3.21. The van der Waals surface area contributed by atoms with Gasteiger partial charge in [0.1, 0.15) is 11.9 Å². The van der Waals surface area contributed by atoms with Crippen molar-refractivity contribution in [2.75, 3.05) is 13.1 Å². The average molecular weight is 287 g/mol. The minimum atomic E-state index is -0.0590. The lowest BCUT2D eigenvalue weighted by atomic mass is 10.1. The summed E-state index contributed by atoms with van der Waals surface area (Å²) in [6.07, 6.45) is 4.86. The van der Waals surface area contributed by atoms with Crippen LogP contribution in [0.3, 0.4) is 0 Å². The fourth-order valence-electron chi connectivity index (χ4n) is 2.40. The molecule has 2 aromatic heterocycles. The molecule has 1 aliphatic heterocycles. The van der Waals surface area contributed by atoms with Crippen LogP contribution in [0.25, 0.3) is 0 Å². The number of likely N-dealkylation sites (tertiary alicyclic amines) is 1. The van der Waals surface area contributed by atoms with Gasteiger partial charge in [-0.3, -0.25) is 4.79 Å². The Kier molecular flexibility index (Phi) is 3.85. The number of amides is 1. The molecule has 1 aliphatic rings. The quantitative estimate of drug-likeness (QED) is 0.864. The molecule has 2 aromatic rings. The highest BCUT2D eigenvalue weighted by molar-refractivity contribution is 5.91. The van der Waals surface area contributed by atoms with E-state index in [2.05, 4.69) is 9.97 Å². The Morgan fingerprint density at radius 1 is 1.38 bits per heavy atom. The number of ether oxygens (including phenoxy) is 1. The Morgan fingerprint density at radius 2 is 2.19 bits per heavy atom. The second-order valence-electron chi connectivity index (χ2n) is 5.03. The van der Waals surface area contributed by atoms with E-state index in [0.717, 1.165) is 12.8 Å². The van der Waals surface area contributed by atoms with Crippen LogP contribution in [0.4, 0.5) is 0 Å². The second kappa shape index (κ2) is 5.95. The minimum Gasteiger partial charge on any atom is -0.474 e. The van der Waals surface area contributed by atoms with Gasteiger partial charge in [-0.15, -0.1) is 0 Å². The van der Waals surface area contributed by atoms with Crippen molar-refractivity contribution >= 4 is 5.91 Å². The van der Waals surface area contributed by atoms with Crippen LogP contribution in [0.15, 0.2) is 35.1 Å². The van der Waals surface area contributed by atoms with Gasteiger partial charge in [0.25, 0.3) is 5.91 Å². The molecule has 110 valence electrons. The summed E-state index contributed by atoms with van der Waals surface area (Å²) in [7, 11) is 0. The Morgan fingerprint density at radius 3 is 2.86 bits per heavy atom. The van der Waals surface area contributed by atoms with Crippen LogP contribution in [0.5, 0.6) is 5.88 Å². The first-order valence-electron chi connectivity index (χ1n) is 7.01. The number of carbonyl (C=O) groups excluding carboxylic acids is 1. The van der Waals surface area contributed by atoms with Crippen molar-refractivity contribution in [1.82, 2.24) is 14.9 Å². The van der Waals surface area contributed by atoms with Crippen LogP contribution >= 0.6 is 0 Å². The van der Waals surface area contributed by atoms with Gasteiger partial charge in [-0.25, -0.2) is 4.98 Å². The summed E-state index contributed by atoms with van der Waals surface area (Å²) in [6.45, 7) is 3.15. The SMILES string of the molecule is Cc1nccc(OC2CCN(C(=O)c3ccco3)CC2)n1. The number of aromatic nitrogens is 2. The van der Waals surface area contributed by atoms with E-state index in [-0.39, 0.29) is 12.0 Å². The Bertz CT molecular complexity index is 604. The average Bonchev–Trinajstić information content (AvgIpc) is 3.01. The fraction of sp³-hybridized carbons (Fsp3) is 0.400. The van der Waals surface area contributed by atoms with Gasteiger partial charge in [-0.1, -0.05) is 0 Å². The molecule has 0 unspecified atom stereocenters. The van der Waals surface area contributed by atoms with Gasteiger partial charge in [0.15, 0.2) is 5.76 Å². The third-order valence-electron chi connectivity index (χ3n) is 3.50. The highest BCUT2D eigenvalue weighted by Crippen LogP contribution is 2.18. The van der Waals surface area contributed by atoms with Crippen molar-refractivity contribution in [3.05, 3.63) is 42.2 Å². The van der Waals surface area contributed by atoms with Crippen molar-refractivity contribution in [2.24, 2.45) is 0 Å². The Labute approximate surface area is 122 Å².